The monoisotopic (exact) mass is 592 g/mol. The maximum absolute atomic E-state index is 13.5. The zero-order valence-corrected chi connectivity index (χ0v) is 24.7. The first-order valence-electron chi connectivity index (χ1n) is 15.1. The topological polar surface area (TPSA) is 71.3 Å². The summed E-state index contributed by atoms with van der Waals surface area (Å²) in [6, 6.07) is 10.5. The van der Waals surface area contributed by atoms with E-state index >= 15 is 0 Å². The van der Waals surface area contributed by atoms with Gasteiger partial charge in [0.15, 0.2) is 17.5 Å². The van der Waals surface area contributed by atoms with Gasteiger partial charge in [-0.15, -0.1) is 0 Å². The van der Waals surface area contributed by atoms with E-state index < -0.39 is 17.5 Å². The van der Waals surface area contributed by atoms with Crippen LogP contribution in [0.1, 0.15) is 62.4 Å². The highest BCUT2D eigenvalue weighted by Crippen LogP contribution is 2.34. The van der Waals surface area contributed by atoms with Gasteiger partial charge in [0.25, 0.3) is 0 Å². The summed E-state index contributed by atoms with van der Waals surface area (Å²) in [5, 5.41) is 6.18. The number of hydrazine groups is 1. The van der Waals surface area contributed by atoms with Gasteiger partial charge in [0.2, 0.25) is 5.91 Å². The molecule has 7 nitrogen and oxygen atoms in total. The summed E-state index contributed by atoms with van der Waals surface area (Å²) < 4.78 is 40.3. The van der Waals surface area contributed by atoms with Crippen molar-refractivity contribution < 1.29 is 18.0 Å². The van der Waals surface area contributed by atoms with Crippen LogP contribution in [0, 0.1) is 17.5 Å². The second kappa shape index (κ2) is 14.1. The molecule has 2 aromatic heterocycles. The zero-order chi connectivity index (χ0) is 30.3. The minimum atomic E-state index is -1.52. The molecule has 4 aromatic rings. The highest BCUT2D eigenvalue weighted by molar-refractivity contribution is 5.91. The Bertz CT molecular complexity index is 1500. The molecule has 0 atom stereocenters. The number of carbonyl (C=O) groups excluding carboxylic acids is 1. The highest BCUT2D eigenvalue weighted by atomic mass is 19.2. The molecule has 228 valence electrons. The quantitative estimate of drug-likeness (QED) is 0.187. The summed E-state index contributed by atoms with van der Waals surface area (Å²) >= 11 is 0. The number of fused-ring (bicyclic) bond motifs is 1. The van der Waals surface area contributed by atoms with Gasteiger partial charge >= 0.3 is 0 Å². The van der Waals surface area contributed by atoms with Crippen LogP contribution in [0.4, 0.5) is 13.2 Å². The number of likely N-dealkylation sites (tertiary alicyclic amines) is 1. The average molecular weight is 593 g/mol. The van der Waals surface area contributed by atoms with Gasteiger partial charge in [-0.05, 0) is 67.0 Å². The fraction of sp³-hybridized carbons (Fsp3) is 0.394. The highest BCUT2D eigenvalue weighted by Gasteiger charge is 2.33. The molecule has 4 heterocycles. The van der Waals surface area contributed by atoms with Crippen molar-refractivity contribution in [2.24, 2.45) is 0 Å². The number of halogens is 3. The summed E-state index contributed by atoms with van der Waals surface area (Å²) in [4.78, 5) is 25.7. The number of amides is 1. The average Bonchev–Trinajstić information content (AvgIpc) is 3.73. The molecule has 2 aliphatic rings. The van der Waals surface area contributed by atoms with Crippen LogP contribution in [-0.2, 0) is 11.3 Å². The maximum Gasteiger partial charge on any atom is 0.246 e. The molecule has 0 spiro atoms. The third kappa shape index (κ3) is 7.02. The molecule has 0 saturated carbocycles. The van der Waals surface area contributed by atoms with Gasteiger partial charge in [-0.25, -0.2) is 28.2 Å². The van der Waals surface area contributed by atoms with Crippen LogP contribution in [0.5, 0.6) is 0 Å². The Morgan fingerprint density at radius 1 is 1.00 bits per heavy atom. The zero-order valence-electron chi connectivity index (χ0n) is 24.7. The number of piperidine rings is 2. The molecule has 0 unspecified atom stereocenters. The number of imidazole rings is 1. The lowest BCUT2D eigenvalue weighted by atomic mass is 9.89. The van der Waals surface area contributed by atoms with Gasteiger partial charge in [0.05, 0.1) is 6.54 Å². The number of rotatable bonds is 7. The van der Waals surface area contributed by atoms with E-state index in [9.17, 15) is 18.0 Å². The van der Waals surface area contributed by atoms with Crippen LogP contribution in [0.3, 0.4) is 0 Å². The predicted molar refractivity (Wildman–Crippen MR) is 162 cm³/mol. The molecular weight excluding hydrogens is 553 g/mol. The molecule has 10 heteroatoms. The number of nitrogens with zero attached hydrogens (tertiary/aromatic N) is 4. The van der Waals surface area contributed by atoms with Crippen molar-refractivity contribution in [1.29, 1.82) is 0 Å². The van der Waals surface area contributed by atoms with E-state index in [1.807, 2.05) is 20.0 Å². The van der Waals surface area contributed by atoms with Crippen molar-refractivity contribution >= 4 is 22.9 Å². The summed E-state index contributed by atoms with van der Waals surface area (Å²) in [6.07, 6.45) is 12.1. The largest absolute Gasteiger partial charge is 0.361 e. The predicted octanol–water partition coefficient (Wildman–Crippen LogP) is 6.64. The minimum Gasteiger partial charge on any atom is -0.361 e. The molecule has 2 aromatic carbocycles. The van der Waals surface area contributed by atoms with Crippen LogP contribution < -0.4 is 0 Å². The molecular formula is C33H39F3N6O. The number of H-pyrrole nitrogens is 2. The molecule has 2 saturated heterocycles. The first kappa shape index (κ1) is 30.6. The lowest BCUT2D eigenvalue weighted by molar-refractivity contribution is -0.131. The van der Waals surface area contributed by atoms with Crippen molar-refractivity contribution in [3.8, 4) is 0 Å². The van der Waals surface area contributed by atoms with Crippen LogP contribution in [0.25, 0.3) is 17.0 Å². The number of aromatic amines is 2. The number of hydrogen-bond acceptors (Lipinski definition) is 4. The molecule has 2 fully saturated rings. The summed E-state index contributed by atoms with van der Waals surface area (Å²) in [7, 11) is 0. The number of carbonyl (C=O) groups is 1. The first-order chi connectivity index (χ1) is 21.0. The van der Waals surface area contributed by atoms with Gasteiger partial charge in [-0.2, -0.15) is 0 Å². The second-order valence-electron chi connectivity index (χ2n) is 10.8. The van der Waals surface area contributed by atoms with Crippen LogP contribution in [0.2, 0.25) is 0 Å². The van der Waals surface area contributed by atoms with Gasteiger partial charge in [-0.1, -0.05) is 32.0 Å². The van der Waals surface area contributed by atoms with E-state index in [0.29, 0.717) is 25.6 Å². The number of benzene rings is 2. The Hall–Kier alpha value is -3.89. The van der Waals surface area contributed by atoms with E-state index in [-0.39, 0.29) is 17.5 Å². The SMILES string of the molecule is CC.O=C(/C=C/c1cc(F)c(F)c(F)c1)N1CCC(N(Cc2ncc[nH]2)N2CCC(c3c[nH]c4ccccc34)CC2)CC1. The lowest BCUT2D eigenvalue weighted by Crippen LogP contribution is -2.54. The van der Waals surface area contributed by atoms with E-state index in [1.165, 1.54) is 28.6 Å². The fourth-order valence-corrected chi connectivity index (χ4v) is 6.19. The molecule has 1 amide bonds. The first-order valence-corrected chi connectivity index (χ1v) is 15.1. The molecule has 0 bridgehead atoms. The fourth-order valence-electron chi connectivity index (χ4n) is 6.19. The van der Waals surface area contributed by atoms with Gasteiger partial charge in [0, 0.05) is 67.8 Å². The number of nitrogens with one attached hydrogen (secondary N) is 2. The van der Waals surface area contributed by atoms with Crippen LogP contribution in [-0.4, -0.2) is 68.0 Å². The molecule has 0 aliphatic carbocycles. The molecule has 6 rings (SSSR count). The summed E-state index contributed by atoms with van der Waals surface area (Å²) in [5.74, 6) is -2.89. The third-order valence-electron chi connectivity index (χ3n) is 8.38. The van der Waals surface area contributed by atoms with Crippen molar-refractivity contribution in [2.45, 2.75) is 58.0 Å². The Kier molecular flexibility index (Phi) is 9.99. The van der Waals surface area contributed by atoms with Gasteiger partial charge in [0.1, 0.15) is 5.82 Å². The second-order valence-corrected chi connectivity index (χ2v) is 10.8. The molecule has 43 heavy (non-hydrogen) atoms. The van der Waals surface area contributed by atoms with Gasteiger partial charge in [-0.3, -0.25) is 4.79 Å². The van der Waals surface area contributed by atoms with E-state index in [0.717, 1.165) is 56.7 Å². The maximum atomic E-state index is 13.5. The van der Waals surface area contributed by atoms with E-state index in [4.69, 9.17) is 0 Å². The summed E-state index contributed by atoms with van der Waals surface area (Å²) in [5.41, 5.74) is 2.67. The lowest BCUT2D eigenvalue weighted by Gasteiger charge is -2.46. The molecule has 2 N–H and O–H groups in total. The van der Waals surface area contributed by atoms with Gasteiger partial charge < -0.3 is 14.9 Å². The minimum absolute atomic E-state index is 0.102. The van der Waals surface area contributed by atoms with Crippen molar-refractivity contribution in [3.63, 3.8) is 0 Å². The van der Waals surface area contributed by atoms with Crippen molar-refractivity contribution in [2.75, 3.05) is 26.2 Å². The van der Waals surface area contributed by atoms with E-state index in [2.05, 4.69) is 55.4 Å². The third-order valence-corrected chi connectivity index (χ3v) is 8.38. The van der Waals surface area contributed by atoms with Crippen molar-refractivity contribution in [3.05, 3.63) is 95.5 Å². The number of hydrogen-bond donors (Lipinski definition) is 2. The van der Waals surface area contributed by atoms with E-state index in [1.54, 1.807) is 11.1 Å². The summed E-state index contributed by atoms with van der Waals surface area (Å²) in [6.45, 7) is 7.70. The normalized spacial score (nSPS) is 17.1. The number of para-hydroxylation sites is 1. The Balaban J connectivity index is 0.00000180. The van der Waals surface area contributed by atoms with Crippen LogP contribution in [0.15, 0.2) is 61.1 Å². The Morgan fingerprint density at radius 3 is 2.37 bits per heavy atom. The molecule has 2 aliphatic heterocycles. The van der Waals surface area contributed by atoms with Crippen LogP contribution >= 0.6 is 0 Å². The number of aromatic nitrogens is 3. The Labute approximate surface area is 250 Å². The Morgan fingerprint density at radius 2 is 1.70 bits per heavy atom. The standard InChI is InChI=1S/C31H33F3N6O.C2H6/c32-26-17-21(18-27(33)31(26)34)5-6-30(41)38-13-9-23(10-14-38)40(20-29-35-11-12-36-29)39-15-7-22(8-16-39)25-19-37-28-4-2-1-3-24(25)28;1-2/h1-6,11-12,17-19,22-23,37H,7-10,13-16,20H2,(H,35,36);1-2H3/b6-5+;. The smallest absolute Gasteiger partial charge is 0.246 e. The van der Waals surface area contributed by atoms with Crippen molar-refractivity contribution in [1.82, 2.24) is 29.9 Å². The molecule has 0 radical (unpaired) electrons.